The molecule has 1 heterocycles. The van der Waals surface area contributed by atoms with Crippen molar-refractivity contribution < 1.29 is 0 Å². The third-order valence-electron chi connectivity index (χ3n) is 3.44. The van der Waals surface area contributed by atoms with E-state index in [1.54, 1.807) is 0 Å². The van der Waals surface area contributed by atoms with Crippen molar-refractivity contribution in [3.8, 4) is 0 Å². The van der Waals surface area contributed by atoms with Gasteiger partial charge in [-0.1, -0.05) is 20.8 Å². The van der Waals surface area contributed by atoms with Crippen LogP contribution in [0, 0.1) is 19.8 Å². The topological polar surface area (TPSA) is 43.8 Å². The van der Waals surface area contributed by atoms with Crippen LogP contribution >= 0.6 is 0 Å². The fraction of sp³-hybridized carbons (Fsp3) is 0.786. The largest absolute Gasteiger partial charge is 0.327 e. The summed E-state index contributed by atoms with van der Waals surface area (Å²) in [6.45, 7) is 11.9. The molecule has 0 saturated carbocycles. The van der Waals surface area contributed by atoms with Gasteiger partial charge < -0.3 is 5.73 Å². The normalized spacial score (nSPS) is 13.4. The minimum atomic E-state index is 0.259. The molecule has 98 valence electrons. The lowest BCUT2D eigenvalue weighted by Crippen LogP contribution is -2.22. The zero-order chi connectivity index (χ0) is 13.0. The number of aromatic nitrogens is 2. The van der Waals surface area contributed by atoms with Crippen molar-refractivity contribution in [1.82, 2.24) is 9.78 Å². The van der Waals surface area contributed by atoms with E-state index in [9.17, 15) is 0 Å². The molecule has 0 radical (unpaired) electrons. The standard InChI is InChI=1S/C14H27N3/c1-6-13(15)9-14-11(4)16-17(12(14)5)8-7-10(2)3/h10,13H,6-9,15H2,1-5H3. The molecule has 1 atom stereocenters. The van der Waals surface area contributed by atoms with Crippen LogP contribution in [-0.4, -0.2) is 15.8 Å². The lowest BCUT2D eigenvalue weighted by molar-refractivity contribution is 0.478. The van der Waals surface area contributed by atoms with Gasteiger partial charge in [0.2, 0.25) is 0 Å². The minimum Gasteiger partial charge on any atom is -0.327 e. The number of hydrogen-bond donors (Lipinski definition) is 1. The number of nitrogens with two attached hydrogens (primary N) is 1. The van der Waals surface area contributed by atoms with E-state index in [-0.39, 0.29) is 6.04 Å². The van der Waals surface area contributed by atoms with E-state index in [1.165, 1.54) is 17.7 Å². The number of aryl methyl sites for hydroxylation is 2. The fourth-order valence-electron chi connectivity index (χ4n) is 2.03. The minimum absolute atomic E-state index is 0.259. The quantitative estimate of drug-likeness (QED) is 0.827. The molecule has 0 saturated heterocycles. The first-order valence-electron chi connectivity index (χ1n) is 6.74. The van der Waals surface area contributed by atoms with Gasteiger partial charge in [-0.05, 0) is 44.6 Å². The van der Waals surface area contributed by atoms with Crippen molar-refractivity contribution in [3.05, 3.63) is 17.0 Å². The van der Waals surface area contributed by atoms with Crippen LogP contribution in [0.4, 0.5) is 0 Å². The van der Waals surface area contributed by atoms with Gasteiger partial charge in [0.05, 0.1) is 5.69 Å². The average molecular weight is 237 g/mol. The van der Waals surface area contributed by atoms with Crippen LogP contribution in [0.5, 0.6) is 0 Å². The lowest BCUT2D eigenvalue weighted by atomic mass is 10.0. The molecule has 0 fully saturated rings. The Morgan fingerprint density at radius 3 is 2.47 bits per heavy atom. The Morgan fingerprint density at radius 1 is 1.29 bits per heavy atom. The van der Waals surface area contributed by atoms with Crippen LogP contribution in [0.3, 0.4) is 0 Å². The van der Waals surface area contributed by atoms with E-state index in [1.807, 2.05) is 0 Å². The summed E-state index contributed by atoms with van der Waals surface area (Å²) in [6.07, 6.45) is 3.16. The van der Waals surface area contributed by atoms with Gasteiger partial charge in [-0.15, -0.1) is 0 Å². The van der Waals surface area contributed by atoms with Gasteiger partial charge in [0, 0.05) is 18.3 Å². The number of rotatable bonds is 6. The van der Waals surface area contributed by atoms with Gasteiger partial charge in [-0.2, -0.15) is 5.10 Å². The second kappa shape index (κ2) is 6.20. The Bertz CT molecular complexity index is 353. The summed E-state index contributed by atoms with van der Waals surface area (Å²) in [6, 6.07) is 0.259. The van der Waals surface area contributed by atoms with Gasteiger partial charge in [-0.25, -0.2) is 0 Å². The molecule has 2 N–H and O–H groups in total. The third-order valence-corrected chi connectivity index (χ3v) is 3.44. The van der Waals surface area contributed by atoms with Crippen LogP contribution in [0.15, 0.2) is 0 Å². The Labute approximate surface area is 105 Å². The molecule has 3 nitrogen and oxygen atoms in total. The molecule has 0 amide bonds. The van der Waals surface area contributed by atoms with E-state index in [2.05, 4.69) is 44.4 Å². The summed E-state index contributed by atoms with van der Waals surface area (Å²) in [4.78, 5) is 0. The maximum absolute atomic E-state index is 6.04. The highest BCUT2D eigenvalue weighted by Gasteiger charge is 2.13. The molecule has 0 aliphatic rings. The molecule has 1 unspecified atom stereocenters. The smallest absolute Gasteiger partial charge is 0.0629 e. The van der Waals surface area contributed by atoms with Crippen molar-refractivity contribution in [2.75, 3.05) is 0 Å². The second-order valence-electron chi connectivity index (χ2n) is 5.43. The zero-order valence-corrected chi connectivity index (χ0v) is 12.0. The highest BCUT2D eigenvalue weighted by atomic mass is 15.3. The molecule has 0 aromatic carbocycles. The molecule has 0 aliphatic carbocycles. The molecule has 1 aromatic rings. The maximum atomic E-state index is 6.04. The van der Waals surface area contributed by atoms with E-state index >= 15 is 0 Å². The Balaban J connectivity index is 2.78. The van der Waals surface area contributed by atoms with Gasteiger partial charge in [-0.3, -0.25) is 4.68 Å². The Hall–Kier alpha value is -0.830. The Morgan fingerprint density at radius 2 is 1.94 bits per heavy atom. The van der Waals surface area contributed by atoms with E-state index in [0.717, 1.165) is 31.0 Å². The first-order chi connectivity index (χ1) is 7.95. The number of nitrogens with zero attached hydrogens (tertiary/aromatic N) is 2. The van der Waals surface area contributed by atoms with Crippen LogP contribution in [0.1, 0.15) is 50.6 Å². The molecule has 0 spiro atoms. The third kappa shape index (κ3) is 3.84. The van der Waals surface area contributed by atoms with Crippen molar-refractivity contribution in [2.24, 2.45) is 11.7 Å². The maximum Gasteiger partial charge on any atom is 0.0629 e. The molecule has 17 heavy (non-hydrogen) atoms. The first kappa shape index (κ1) is 14.2. The van der Waals surface area contributed by atoms with Crippen molar-refractivity contribution in [2.45, 2.75) is 66.5 Å². The zero-order valence-electron chi connectivity index (χ0n) is 12.0. The highest BCUT2D eigenvalue weighted by Crippen LogP contribution is 2.16. The molecule has 1 aromatic heterocycles. The molecular formula is C14H27N3. The second-order valence-corrected chi connectivity index (χ2v) is 5.43. The fourth-order valence-corrected chi connectivity index (χ4v) is 2.03. The lowest BCUT2D eigenvalue weighted by Gasteiger charge is -2.10. The first-order valence-corrected chi connectivity index (χ1v) is 6.74. The van der Waals surface area contributed by atoms with E-state index in [0.29, 0.717) is 0 Å². The van der Waals surface area contributed by atoms with Crippen LogP contribution in [0.2, 0.25) is 0 Å². The summed E-state index contributed by atoms with van der Waals surface area (Å²) in [5.74, 6) is 0.722. The van der Waals surface area contributed by atoms with Gasteiger partial charge >= 0.3 is 0 Å². The summed E-state index contributed by atoms with van der Waals surface area (Å²) in [5, 5.41) is 4.63. The molecule has 0 bridgehead atoms. The van der Waals surface area contributed by atoms with Crippen LogP contribution in [0.25, 0.3) is 0 Å². The Kier molecular flexibility index (Phi) is 5.19. The van der Waals surface area contributed by atoms with Gasteiger partial charge in [0.1, 0.15) is 0 Å². The highest BCUT2D eigenvalue weighted by molar-refractivity contribution is 5.25. The summed E-state index contributed by atoms with van der Waals surface area (Å²) in [5.41, 5.74) is 9.83. The number of hydrogen-bond acceptors (Lipinski definition) is 2. The summed E-state index contributed by atoms with van der Waals surface area (Å²) < 4.78 is 2.15. The summed E-state index contributed by atoms with van der Waals surface area (Å²) >= 11 is 0. The molecule has 3 heteroatoms. The average Bonchev–Trinajstić information content (AvgIpc) is 2.53. The van der Waals surface area contributed by atoms with Crippen LogP contribution < -0.4 is 5.73 Å². The van der Waals surface area contributed by atoms with E-state index < -0.39 is 0 Å². The summed E-state index contributed by atoms with van der Waals surface area (Å²) in [7, 11) is 0. The molecular weight excluding hydrogens is 210 g/mol. The SMILES string of the molecule is CCC(N)Cc1c(C)nn(CCC(C)C)c1C. The predicted molar refractivity (Wildman–Crippen MR) is 73.1 cm³/mol. The van der Waals surface area contributed by atoms with Crippen LogP contribution in [-0.2, 0) is 13.0 Å². The van der Waals surface area contributed by atoms with Gasteiger partial charge in [0.15, 0.2) is 0 Å². The monoisotopic (exact) mass is 237 g/mol. The van der Waals surface area contributed by atoms with Gasteiger partial charge in [0.25, 0.3) is 0 Å². The van der Waals surface area contributed by atoms with Crippen molar-refractivity contribution in [1.29, 1.82) is 0 Å². The van der Waals surface area contributed by atoms with Crippen molar-refractivity contribution in [3.63, 3.8) is 0 Å². The predicted octanol–water partition coefficient (Wildman–Crippen LogP) is 2.83. The van der Waals surface area contributed by atoms with Crippen molar-refractivity contribution >= 4 is 0 Å². The van der Waals surface area contributed by atoms with E-state index in [4.69, 9.17) is 5.73 Å². The molecule has 1 rings (SSSR count). The molecule has 0 aliphatic heterocycles.